The molecule has 7 nitrogen and oxygen atoms in total. The van der Waals surface area contributed by atoms with Crippen molar-refractivity contribution in [3.8, 4) is 0 Å². The highest BCUT2D eigenvalue weighted by Gasteiger charge is 2.26. The van der Waals surface area contributed by atoms with Crippen LogP contribution >= 0.6 is 11.8 Å². The van der Waals surface area contributed by atoms with Crippen molar-refractivity contribution in [1.29, 1.82) is 0 Å². The Morgan fingerprint density at radius 1 is 1.13 bits per heavy atom. The highest BCUT2D eigenvalue weighted by atomic mass is 32.2. The number of fused-ring (bicyclic) bond motifs is 1. The number of likely N-dealkylation sites (N-methyl/N-ethyl adjacent to an activating group) is 1. The van der Waals surface area contributed by atoms with E-state index < -0.39 is 0 Å². The van der Waals surface area contributed by atoms with Gasteiger partial charge in [-0.3, -0.25) is 4.79 Å². The smallest absolute Gasteiger partial charge is 0.355 e. The molecule has 0 spiro atoms. The van der Waals surface area contributed by atoms with Gasteiger partial charge in [-0.05, 0) is 38.3 Å². The summed E-state index contributed by atoms with van der Waals surface area (Å²) in [5.41, 5.74) is 3.23. The predicted molar refractivity (Wildman–Crippen MR) is 120 cm³/mol. The molecule has 0 bridgehead atoms. The molecule has 1 aromatic heterocycles. The summed E-state index contributed by atoms with van der Waals surface area (Å²) in [5.74, 6) is 0.263. The van der Waals surface area contributed by atoms with Crippen molar-refractivity contribution in [2.45, 2.75) is 30.7 Å². The minimum Gasteiger partial charge on any atom is -0.355 e. The zero-order chi connectivity index (χ0) is 20.9. The first-order valence-electron chi connectivity index (χ1n) is 10.6. The van der Waals surface area contributed by atoms with E-state index in [-0.39, 0.29) is 17.3 Å². The van der Waals surface area contributed by atoms with Crippen molar-refractivity contribution >= 4 is 17.7 Å². The number of carbonyl (C=O) groups excluding carboxylic acids is 1. The van der Waals surface area contributed by atoms with Crippen molar-refractivity contribution in [2.24, 2.45) is 0 Å². The number of piperazine rings is 1. The lowest BCUT2D eigenvalue weighted by molar-refractivity contribution is -0.118. The standard InChI is InChI=1S/C22H29N5O2S/c1-25-12-14-26(15-13-25)27-19-9-5-8-18(19)21(24-22(27)29)30-16-20(28)23-11-10-17-6-3-2-4-7-17/h2-4,6-7H,5,8-16H2,1H3,(H,23,28). The Morgan fingerprint density at radius 3 is 2.67 bits per heavy atom. The zero-order valence-electron chi connectivity index (χ0n) is 17.5. The lowest BCUT2D eigenvalue weighted by Gasteiger charge is -2.35. The molecule has 1 saturated heterocycles. The van der Waals surface area contributed by atoms with Gasteiger partial charge in [-0.25, -0.2) is 9.47 Å². The molecular formula is C22H29N5O2S. The average Bonchev–Trinajstić information content (AvgIpc) is 3.23. The molecule has 1 amide bonds. The van der Waals surface area contributed by atoms with E-state index in [0.717, 1.165) is 68.1 Å². The number of nitrogens with zero attached hydrogens (tertiary/aromatic N) is 4. The summed E-state index contributed by atoms with van der Waals surface area (Å²) in [6.07, 6.45) is 3.67. The fourth-order valence-corrected chi connectivity index (χ4v) is 5.00. The van der Waals surface area contributed by atoms with Gasteiger partial charge in [-0.2, -0.15) is 4.98 Å². The molecule has 30 heavy (non-hydrogen) atoms. The SMILES string of the molecule is CN1CCN(n2c3c(c(SCC(=O)NCCc4ccccc4)nc2=O)CCC3)CC1. The summed E-state index contributed by atoms with van der Waals surface area (Å²) in [6, 6.07) is 10.1. The number of aromatic nitrogens is 2. The number of carbonyl (C=O) groups is 1. The number of hydrogen-bond donors (Lipinski definition) is 1. The van der Waals surface area contributed by atoms with Gasteiger partial charge in [0.15, 0.2) is 0 Å². The quantitative estimate of drug-likeness (QED) is 0.527. The minimum atomic E-state index is -0.216. The van der Waals surface area contributed by atoms with Crippen LogP contribution in [0.5, 0.6) is 0 Å². The first kappa shape index (κ1) is 20.9. The van der Waals surface area contributed by atoms with E-state index in [1.165, 1.54) is 17.3 Å². The van der Waals surface area contributed by atoms with Crippen LogP contribution in [0.3, 0.4) is 0 Å². The topological polar surface area (TPSA) is 70.5 Å². The summed E-state index contributed by atoms with van der Waals surface area (Å²) in [7, 11) is 2.10. The molecule has 1 aliphatic carbocycles. The van der Waals surface area contributed by atoms with Crippen LogP contribution in [0.2, 0.25) is 0 Å². The Hall–Kier alpha value is -2.32. The van der Waals surface area contributed by atoms with Gasteiger partial charge in [0.2, 0.25) is 5.91 Å². The number of thioether (sulfide) groups is 1. The minimum absolute atomic E-state index is 0.0206. The molecule has 1 aromatic carbocycles. The van der Waals surface area contributed by atoms with Crippen LogP contribution in [0.25, 0.3) is 0 Å². The maximum atomic E-state index is 12.8. The van der Waals surface area contributed by atoms with Gasteiger partial charge in [0, 0.05) is 38.3 Å². The molecular weight excluding hydrogens is 398 g/mol. The molecule has 8 heteroatoms. The van der Waals surface area contributed by atoms with E-state index in [9.17, 15) is 9.59 Å². The number of amides is 1. The van der Waals surface area contributed by atoms with Gasteiger partial charge >= 0.3 is 5.69 Å². The second-order valence-electron chi connectivity index (χ2n) is 7.92. The molecule has 0 saturated carbocycles. The number of hydrogen-bond acceptors (Lipinski definition) is 6. The molecule has 2 aliphatic rings. The van der Waals surface area contributed by atoms with Crippen LogP contribution in [0, 0.1) is 0 Å². The van der Waals surface area contributed by atoms with Crippen LogP contribution in [0.1, 0.15) is 23.2 Å². The Balaban J connectivity index is 1.38. The number of rotatable bonds is 7. The Kier molecular flexibility index (Phi) is 6.74. The second kappa shape index (κ2) is 9.66. The van der Waals surface area contributed by atoms with Gasteiger partial charge in [-0.15, -0.1) is 0 Å². The third-order valence-corrected chi connectivity index (χ3v) is 6.78. The molecule has 2 aromatic rings. The fourth-order valence-electron chi connectivity index (χ4n) is 4.09. The summed E-state index contributed by atoms with van der Waals surface area (Å²) in [6.45, 7) is 4.17. The van der Waals surface area contributed by atoms with Gasteiger partial charge in [0.25, 0.3) is 0 Å². The molecule has 2 heterocycles. The lowest BCUT2D eigenvalue weighted by atomic mass is 10.1. The van der Waals surface area contributed by atoms with Crippen LogP contribution < -0.4 is 16.0 Å². The van der Waals surface area contributed by atoms with Gasteiger partial charge < -0.3 is 15.2 Å². The predicted octanol–water partition coefficient (Wildman–Crippen LogP) is 1.07. The summed E-state index contributed by atoms with van der Waals surface area (Å²) in [4.78, 5) is 31.8. The first-order valence-corrected chi connectivity index (χ1v) is 11.6. The molecule has 0 atom stereocenters. The Morgan fingerprint density at radius 2 is 1.90 bits per heavy atom. The van der Waals surface area contributed by atoms with Crippen molar-refractivity contribution < 1.29 is 4.79 Å². The van der Waals surface area contributed by atoms with Crippen LogP contribution in [-0.2, 0) is 24.1 Å². The van der Waals surface area contributed by atoms with Crippen molar-refractivity contribution in [2.75, 3.05) is 50.5 Å². The van der Waals surface area contributed by atoms with Gasteiger partial charge in [-0.1, -0.05) is 42.1 Å². The molecule has 0 unspecified atom stereocenters. The average molecular weight is 428 g/mol. The third kappa shape index (κ3) is 4.87. The van der Waals surface area contributed by atoms with Crippen LogP contribution in [-0.4, -0.2) is 66.0 Å². The van der Waals surface area contributed by atoms with E-state index >= 15 is 0 Å². The second-order valence-corrected chi connectivity index (χ2v) is 8.89. The molecule has 0 radical (unpaired) electrons. The molecule has 1 fully saturated rings. The van der Waals surface area contributed by atoms with Crippen molar-refractivity contribution in [1.82, 2.24) is 19.9 Å². The van der Waals surface area contributed by atoms with E-state index in [2.05, 4.69) is 39.4 Å². The van der Waals surface area contributed by atoms with Crippen LogP contribution in [0.15, 0.2) is 40.2 Å². The Labute approximate surface area is 181 Å². The largest absolute Gasteiger partial charge is 0.367 e. The molecule has 1 aliphatic heterocycles. The fraction of sp³-hybridized carbons (Fsp3) is 0.500. The number of nitrogens with one attached hydrogen (secondary N) is 1. The summed E-state index contributed by atoms with van der Waals surface area (Å²) < 4.78 is 1.80. The van der Waals surface area contributed by atoms with Crippen LogP contribution in [0.4, 0.5) is 0 Å². The van der Waals surface area contributed by atoms with Crippen molar-refractivity contribution in [3.63, 3.8) is 0 Å². The Bertz CT molecular complexity index is 939. The van der Waals surface area contributed by atoms with Crippen molar-refractivity contribution in [3.05, 3.63) is 57.6 Å². The molecule has 1 N–H and O–H groups in total. The normalized spacial score (nSPS) is 16.5. The summed E-state index contributed by atoms with van der Waals surface area (Å²) >= 11 is 1.39. The van der Waals surface area contributed by atoms with E-state index in [0.29, 0.717) is 6.54 Å². The molecule has 4 rings (SSSR count). The van der Waals surface area contributed by atoms with Gasteiger partial charge in [0.1, 0.15) is 5.03 Å². The monoisotopic (exact) mass is 427 g/mol. The zero-order valence-corrected chi connectivity index (χ0v) is 18.3. The van der Waals surface area contributed by atoms with Gasteiger partial charge in [0.05, 0.1) is 11.4 Å². The maximum absolute atomic E-state index is 12.8. The molecule has 160 valence electrons. The van der Waals surface area contributed by atoms with E-state index in [1.807, 2.05) is 18.2 Å². The third-order valence-electron chi connectivity index (χ3n) is 5.76. The highest BCUT2D eigenvalue weighted by molar-refractivity contribution is 7.99. The van der Waals surface area contributed by atoms with E-state index in [4.69, 9.17) is 0 Å². The maximum Gasteiger partial charge on any atom is 0.367 e. The first-order chi connectivity index (χ1) is 14.6. The number of benzene rings is 1. The lowest BCUT2D eigenvalue weighted by Crippen LogP contribution is -2.54. The van der Waals surface area contributed by atoms with E-state index in [1.54, 1.807) is 4.68 Å². The highest BCUT2D eigenvalue weighted by Crippen LogP contribution is 2.29. The summed E-state index contributed by atoms with van der Waals surface area (Å²) in [5, 5.41) is 5.83.